The molecular formula is C17H17BrN2O3S. The summed E-state index contributed by atoms with van der Waals surface area (Å²) in [6.07, 6.45) is 3.06. The Hall–Kier alpha value is -2.12. The quantitative estimate of drug-likeness (QED) is 0.431. The lowest BCUT2D eigenvalue weighted by Crippen LogP contribution is -2.18. The first-order valence-corrected chi connectivity index (χ1v) is 9.35. The van der Waals surface area contributed by atoms with Crippen molar-refractivity contribution in [1.29, 1.82) is 0 Å². The van der Waals surface area contributed by atoms with Crippen LogP contribution in [0.15, 0.2) is 69.6 Å². The molecule has 0 amide bonds. The zero-order valence-corrected chi connectivity index (χ0v) is 15.5. The van der Waals surface area contributed by atoms with Gasteiger partial charge in [0, 0.05) is 10.0 Å². The molecule has 0 aliphatic carbocycles. The third kappa shape index (κ3) is 4.94. The summed E-state index contributed by atoms with van der Waals surface area (Å²) in [5.74, 6) is 0.640. The average molecular weight is 409 g/mol. The molecule has 2 aromatic rings. The number of nitrogens with zero attached hydrogens (tertiary/aromatic N) is 1. The first-order valence-electron chi connectivity index (χ1n) is 7.07. The lowest BCUT2D eigenvalue weighted by molar-refractivity contribution is 0.363. The van der Waals surface area contributed by atoms with Crippen LogP contribution in [-0.2, 0) is 10.0 Å². The monoisotopic (exact) mass is 408 g/mol. The number of hydrogen-bond acceptors (Lipinski definition) is 4. The minimum atomic E-state index is -3.69. The van der Waals surface area contributed by atoms with Gasteiger partial charge in [0.15, 0.2) is 0 Å². The molecule has 24 heavy (non-hydrogen) atoms. The van der Waals surface area contributed by atoms with Gasteiger partial charge in [-0.25, -0.2) is 4.83 Å². The SMILES string of the molecule is C=CCOc1ccc(Br)c(/C=N\NS(=O)(=O)c2ccc(C)cc2)c1. The van der Waals surface area contributed by atoms with Gasteiger partial charge in [0.25, 0.3) is 10.0 Å². The zero-order chi connectivity index (χ0) is 17.6. The van der Waals surface area contributed by atoms with Crippen molar-refractivity contribution in [3.05, 3.63) is 70.7 Å². The molecule has 1 N–H and O–H groups in total. The molecule has 0 aliphatic rings. The highest BCUT2D eigenvalue weighted by Gasteiger charge is 2.11. The summed E-state index contributed by atoms with van der Waals surface area (Å²) in [4.78, 5) is 2.36. The first kappa shape index (κ1) is 18.2. The highest BCUT2D eigenvalue weighted by Crippen LogP contribution is 2.21. The van der Waals surface area contributed by atoms with E-state index in [1.165, 1.54) is 18.3 Å². The summed E-state index contributed by atoms with van der Waals surface area (Å²) >= 11 is 3.39. The van der Waals surface area contributed by atoms with E-state index in [0.29, 0.717) is 17.9 Å². The number of aryl methyl sites for hydroxylation is 1. The van der Waals surface area contributed by atoms with Gasteiger partial charge in [-0.15, -0.1) is 0 Å². The number of ether oxygens (including phenoxy) is 1. The van der Waals surface area contributed by atoms with Crippen LogP contribution in [0.1, 0.15) is 11.1 Å². The van der Waals surface area contributed by atoms with E-state index >= 15 is 0 Å². The Balaban J connectivity index is 2.13. The minimum Gasteiger partial charge on any atom is -0.490 e. The number of benzene rings is 2. The summed E-state index contributed by atoms with van der Waals surface area (Å²) in [6.45, 7) is 5.87. The van der Waals surface area contributed by atoms with Gasteiger partial charge in [-0.2, -0.15) is 13.5 Å². The lowest BCUT2D eigenvalue weighted by Gasteiger charge is -2.06. The van der Waals surface area contributed by atoms with Crippen LogP contribution in [0.25, 0.3) is 0 Å². The van der Waals surface area contributed by atoms with Crippen molar-refractivity contribution < 1.29 is 13.2 Å². The standard InChI is InChI=1S/C17H17BrN2O3S/c1-3-10-23-15-6-9-17(18)14(11-15)12-19-20-24(21,22)16-7-4-13(2)5-8-16/h3-9,11-12,20H,1,10H2,2H3/b19-12-. The van der Waals surface area contributed by atoms with Gasteiger partial charge >= 0.3 is 0 Å². The molecule has 0 aromatic heterocycles. The topological polar surface area (TPSA) is 67.8 Å². The van der Waals surface area contributed by atoms with Crippen molar-refractivity contribution in [3.8, 4) is 5.75 Å². The second-order valence-corrected chi connectivity index (χ2v) is 7.46. The summed E-state index contributed by atoms with van der Waals surface area (Å²) in [7, 11) is -3.69. The molecule has 0 fully saturated rings. The van der Waals surface area contributed by atoms with E-state index in [1.807, 2.05) is 6.92 Å². The van der Waals surface area contributed by atoms with Crippen LogP contribution in [0.3, 0.4) is 0 Å². The average Bonchev–Trinajstić information content (AvgIpc) is 2.55. The second kappa shape index (κ2) is 8.12. The number of sulfonamides is 1. The van der Waals surface area contributed by atoms with Crippen LogP contribution >= 0.6 is 15.9 Å². The van der Waals surface area contributed by atoms with Crippen molar-refractivity contribution >= 4 is 32.2 Å². The Morgan fingerprint density at radius 3 is 2.62 bits per heavy atom. The van der Waals surface area contributed by atoms with Gasteiger partial charge in [0.05, 0.1) is 11.1 Å². The molecule has 2 rings (SSSR count). The Bertz CT molecular complexity index is 847. The molecule has 5 nitrogen and oxygen atoms in total. The smallest absolute Gasteiger partial charge is 0.276 e. The largest absolute Gasteiger partial charge is 0.490 e. The molecule has 0 atom stereocenters. The fourth-order valence-corrected chi connectivity index (χ4v) is 2.94. The van der Waals surface area contributed by atoms with Crippen molar-refractivity contribution in [1.82, 2.24) is 4.83 Å². The Morgan fingerprint density at radius 1 is 1.25 bits per heavy atom. The van der Waals surface area contributed by atoms with E-state index in [-0.39, 0.29) is 4.90 Å². The van der Waals surface area contributed by atoms with Crippen molar-refractivity contribution in [2.75, 3.05) is 6.61 Å². The third-order valence-corrected chi connectivity index (χ3v) is 5.00. The molecule has 126 valence electrons. The minimum absolute atomic E-state index is 0.160. The maximum atomic E-state index is 12.2. The molecule has 0 saturated carbocycles. The van der Waals surface area contributed by atoms with Crippen molar-refractivity contribution in [2.24, 2.45) is 5.10 Å². The van der Waals surface area contributed by atoms with Crippen LogP contribution in [0.4, 0.5) is 0 Å². The van der Waals surface area contributed by atoms with Gasteiger partial charge in [-0.05, 0) is 37.3 Å². The van der Waals surface area contributed by atoms with E-state index in [4.69, 9.17) is 4.74 Å². The second-order valence-electron chi connectivity index (χ2n) is 4.95. The molecule has 0 saturated heterocycles. The van der Waals surface area contributed by atoms with Crippen molar-refractivity contribution in [3.63, 3.8) is 0 Å². The van der Waals surface area contributed by atoms with Crippen LogP contribution in [0.5, 0.6) is 5.75 Å². The third-order valence-electron chi connectivity index (χ3n) is 3.04. The van der Waals surface area contributed by atoms with Crippen LogP contribution in [0, 0.1) is 6.92 Å². The number of nitrogens with one attached hydrogen (secondary N) is 1. The van der Waals surface area contributed by atoms with Crippen molar-refractivity contribution in [2.45, 2.75) is 11.8 Å². The van der Waals surface area contributed by atoms with E-state index in [1.54, 1.807) is 36.4 Å². The molecule has 0 aliphatic heterocycles. The number of hydrazone groups is 1. The van der Waals surface area contributed by atoms with Gasteiger partial charge in [-0.1, -0.05) is 46.3 Å². The van der Waals surface area contributed by atoms with E-state index < -0.39 is 10.0 Å². The first-order chi connectivity index (χ1) is 11.4. The highest BCUT2D eigenvalue weighted by atomic mass is 79.9. The number of halogens is 1. The zero-order valence-electron chi connectivity index (χ0n) is 13.1. The summed E-state index contributed by atoms with van der Waals surface area (Å²) in [5, 5.41) is 3.83. The van der Waals surface area contributed by atoms with Gasteiger partial charge < -0.3 is 4.74 Å². The maximum Gasteiger partial charge on any atom is 0.276 e. The van der Waals surface area contributed by atoms with Gasteiger partial charge in [0.1, 0.15) is 12.4 Å². The molecular weight excluding hydrogens is 392 g/mol. The molecule has 0 spiro atoms. The molecule has 7 heteroatoms. The molecule has 0 heterocycles. The van der Waals surface area contributed by atoms with Gasteiger partial charge in [0.2, 0.25) is 0 Å². The van der Waals surface area contributed by atoms with Crippen LogP contribution < -0.4 is 9.57 Å². The van der Waals surface area contributed by atoms with E-state index in [0.717, 1.165) is 10.0 Å². The fourth-order valence-electron chi connectivity index (χ4n) is 1.80. The molecule has 0 unspecified atom stereocenters. The Labute approximate surface area is 150 Å². The molecule has 0 radical (unpaired) electrons. The lowest BCUT2D eigenvalue weighted by atomic mass is 10.2. The van der Waals surface area contributed by atoms with E-state index in [2.05, 4.69) is 32.4 Å². The number of rotatable bonds is 7. The van der Waals surface area contributed by atoms with E-state index in [9.17, 15) is 8.42 Å². The predicted octanol–water partition coefficient (Wildman–Crippen LogP) is 3.63. The molecule has 0 bridgehead atoms. The predicted molar refractivity (Wildman–Crippen MR) is 98.9 cm³/mol. The fraction of sp³-hybridized carbons (Fsp3) is 0.118. The molecule has 2 aromatic carbocycles. The Kier molecular flexibility index (Phi) is 6.16. The highest BCUT2D eigenvalue weighted by molar-refractivity contribution is 9.10. The maximum absolute atomic E-state index is 12.2. The normalized spacial score (nSPS) is 11.4. The van der Waals surface area contributed by atoms with Gasteiger partial charge in [-0.3, -0.25) is 0 Å². The summed E-state index contributed by atoms with van der Waals surface area (Å²) in [6, 6.07) is 11.9. The summed E-state index contributed by atoms with van der Waals surface area (Å²) in [5.41, 5.74) is 1.67. The van der Waals surface area contributed by atoms with Crippen LogP contribution in [0.2, 0.25) is 0 Å². The number of hydrogen-bond donors (Lipinski definition) is 1. The Morgan fingerprint density at radius 2 is 1.96 bits per heavy atom. The van der Waals surface area contributed by atoms with Crippen LogP contribution in [-0.4, -0.2) is 21.2 Å². The summed E-state index contributed by atoms with van der Waals surface area (Å²) < 4.78 is 30.5.